The molecule has 0 aliphatic carbocycles. The fourth-order valence-corrected chi connectivity index (χ4v) is 1.29. The molecule has 0 amide bonds. The normalized spacial score (nSPS) is 11.4. The monoisotopic (exact) mass is 223 g/mol. The van der Waals surface area contributed by atoms with Crippen LogP contribution in [-0.4, -0.2) is 25.7 Å². The summed E-state index contributed by atoms with van der Waals surface area (Å²) in [5.41, 5.74) is 6.85. The lowest BCUT2D eigenvalue weighted by molar-refractivity contribution is 0.477. The van der Waals surface area contributed by atoms with Gasteiger partial charge in [0.05, 0.1) is 6.67 Å². The molecule has 0 fully saturated rings. The molecule has 1 aromatic carbocycles. The van der Waals surface area contributed by atoms with E-state index < -0.39 is 0 Å². The first-order valence-corrected chi connectivity index (χ1v) is 5.46. The van der Waals surface area contributed by atoms with E-state index in [0.29, 0.717) is 18.9 Å². The smallest absolute Gasteiger partial charge is 0.188 e. The van der Waals surface area contributed by atoms with Gasteiger partial charge in [0, 0.05) is 13.1 Å². The summed E-state index contributed by atoms with van der Waals surface area (Å²) in [5, 5.41) is 3.00. The van der Waals surface area contributed by atoms with E-state index in [2.05, 4.69) is 22.4 Å². The summed E-state index contributed by atoms with van der Waals surface area (Å²) in [5.74, 6) is 0.393. The van der Waals surface area contributed by atoms with Gasteiger partial charge in [-0.1, -0.05) is 30.3 Å². The van der Waals surface area contributed by atoms with E-state index in [4.69, 9.17) is 5.73 Å². The number of hydrogen-bond acceptors (Lipinski definition) is 1. The largest absolute Gasteiger partial charge is 0.370 e. The van der Waals surface area contributed by atoms with Gasteiger partial charge in [-0.05, 0) is 18.4 Å². The first-order chi connectivity index (χ1) is 7.83. The van der Waals surface area contributed by atoms with Crippen LogP contribution in [0.3, 0.4) is 0 Å². The first kappa shape index (κ1) is 12.5. The molecule has 0 aliphatic rings. The van der Waals surface area contributed by atoms with Crippen molar-refractivity contribution in [2.24, 2.45) is 10.7 Å². The maximum Gasteiger partial charge on any atom is 0.188 e. The molecule has 0 saturated carbocycles. The van der Waals surface area contributed by atoms with Crippen LogP contribution in [-0.2, 0) is 6.42 Å². The maximum absolute atomic E-state index is 11.8. The van der Waals surface area contributed by atoms with Gasteiger partial charge in [-0.3, -0.25) is 9.38 Å². The Morgan fingerprint density at radius 3 is 2.75 bits per heavy atom. The first-order valence-electron chi connectivity index (χ1n) is 5.46. The van der Waals surface area contributed by atoms with Crippen LogP contribution in [0.15, 0.2) is 35.3 Å². The molecule has 0 unspecified atom stereocenters. The van der Waals surface area contributed by atoms with E-state index in [1.54, 1.807) is 0 Å². The molecule has 4 heteroatoms. The Labute approximate surface area is 95.6 Å². The summed E-state index contributed by atoms with van der Waals surface area (Å²) in [6.45, 7) is 0.844. The maximum atomic E-state index is 11.8. The molecule has 0 aromatic heterocycles. The van der Waals surface area contributed by atoms with Crippen LogP contribution in [0.5, 0.6) is 0 Å². The minimum Gasteiger partial charge on any atom is -0.370 e. The lowest BCUT2D eigenvalue weighted by atomic mass is 10.1. The van der Waals surface area contributed by atoms with Gasteiger partial charge in [0.25, 0.3) is 0 Å². The van der Waals surface area contributed by atoms with Crippen LogP contribution in [0.4, 0.5) is 4.39 Å². The Morgan fingerprint density at radius 2 is 2.06 bits per heavy atom. The molecule has 0 saturated heterocycles. The predicted octanol–water partition coefficient (Wildman–Crippen LogP) is 1.49. The van der Waals surface area contributed by atoms with Gasteiger partial charge < -0.3 is 11.1 Å². The van der Waals surface area contributed by atoms with Crippen molar-refractivity contribution in [3.63, 3.8) is 0 Å². The van der Waals surface area contributed by atoms with Crippen molar-refractivity contribution >= 4 is 5.96 Å². The van der Waals surface area contributed by atoms with Gasteiger partial charge >= 0.3 is 0 Å². The van der Waals surface area contributed by atoms with Crippen LogP contribution < -0.4 is 11.1 Å². The molecule has 88 valence electrons. The number of nitrogens with one attached hydrogen (secondary N) is 1. The van der Waals surface area contributed by atoms with Gasteiger partial charge in [-0.15, -0.1) is 0 Å². The standard InChI is InChI=1S/C12H18FN3/c13-8-4-9-15-12(14)16-10-7-11-5-2-1-3-6-11/h1-3,5-6H,4,7-10H2,(H3,14,15,16). The van der Waals surface area contributed by atoms with E-state index in [1.165, 1.54) is 5.56 Å². The molecular weight excluding hydrogens is 205 g/mol. The summed E-state index contributed by atoms with van der Waals surface area (Å²) in [7, 11) is 0. The quantitative estimate of drug-likeness (QED) is 0.436. The Hall–Kier alpha value is -1.58. The van der Waals surface area contributed by atoms with E-state index in [0.717, 1.165) is 13.0 Å². The summed E-state index contributed by atoms with van der Waals surface area (Å²) in [4.78, 5) is 3.99. The highest BCUT2D eigenvalue weighted by Gasteiger charge is 1.93. The van der Waals surface area contributed by atoms with Gasteiger partial charge in [-0.2, -0.15) is 0 Å². The second kappa shape index (κ2) is 7.68. The second-order valence-electron chi connectivity index (χ2n) is 3.47. The van der Waals surface area contributed by atoms with Crippen LogP contribution in [0.25, 0.3) is 0 Å². The highest BCUT2D eigenvalue weighted by Crippen LogP contribution is 1.97. The molecule has 3 nitrogen and oxygen atoms in total. The van der Waals surface area contributed by atoms with Gasteiger partial charge in [0.2, 0.25) is 0 Å². The number of aliphatic imine (C=N–C) groups is 1. The average molecular weight is 223 g/mol. The van der Waals surface area contributed by atoms with Crippen LogP contribution in [0.2, 0.25) is 0 Å². The second-order valence-corrected chi connectivity index (χ2v) is 3.47. The van der Waals surface area contributed by atoms with Crippen LogP contribution >= 0.6 is 0 Å². The van der Waals surface area contributed by atoms with Crippen molar-refractivity contribution < 1.29 is 4.39 Å². The predicted molar refractivity (Wildman–Crippen MR) is 65.2 cm³/mol. The highest BCUT2D eigenvalue weighted by atomic mass is 19.1. The molecule has 0 heterocycles. The van der Waals surface area contributed by atoms with Crippen molar-refractivity contribution in [3.05, 3.63) is 35.9 Å². The Morgan fingerprint density at radius 1 is 1.31 bits per heavy atom. The fourth-order valence-electron chi connectivity index (χ4n) is 1.29. The SMILES string of the molecule is NC(=NCCCF)NCCc1ccccc1. The number of halogens is 1. The number of rotatable bonds is 6. The Bertz CT molecular complexity index is 311. The molecule has 1 rings (SSSR count). The van der Waals surface area contributed by atoms with Crippen molar-refractivity contribution in [1.29, 1.82) is 0 Å². The molecule has 0 aliphatic heterocycles. The van der Waals surface area contributed by atoms with Crippen molar-refractivity contribution in [1.82, 2.24) is 5.32 Å². The lowest BCUT2D eigenvalue weighted by Crippen LogP contribution is -2.33. The molecular formula is C12H18FN3. The topological polar surface area (TPSA) is 50.4 Å². The number of benzene rings is 1. The third kappa shape index (κ3) is 5.34. The zero-order valence-corrected chi connectivity index (χ0v) is 9.32. The molecule has 0 radical (unpaired) electrons. The molecule has 0 bridgehead atoms. The van der Waals surface area contributed by atoms with E-state index in [9.17, 15) is 4.39 Å². The highest BCUT2D eigenvalue weighted by molar-refractivity contribution is 5.77. The van der Waals surface area contributed by atoms with E-state index in [1.807, 2.05) is 18.2 Å². The van der Waals surface area contributed by atoms with Gasteiger partial charge in [0.1, 0.15) is 0 Å². The van der Waals surface area contributed by atoms with Crippen LogP contribution in [0, 0.1) is 0 Å². The van der Waals surface area contributed by atoms with Gasteiger partial charge in [-0.25, -0.2) is 0 Å². The zero-order chi connectivity index (χ0) is 11.6. The molecule has 0 atom stereocenters. The fraction of sp³-hybridized carbons (Fsp3) is 0.417. The third-order valence-corrected chi connectivity index (χ3v) is 2.14. The number of alkyl halides is 1. The summed E-state index contributed by atoms with van der Waals surface area (Å²) in [6, 6.07) is 10.1. The van der Waals surface area contributed by atoms with E-state index >= 15 is 0 Å². The summed E-state index contributed by atoms with van der Waals surface area (Å²) < 4.78 is 11.8. The van der Waals surface area contributed by atoms with Crippen molar-refractivity contribution in [2.75, 3.05) is 19.8 Å². The molecule has 16 heavy (non-hydrogen) atoms. The Kier molecular flexibility index (Phi) is 5.99. The third-order valence-electron chi connectivity index (χ3n) is 2.14. The summed E-state index contributed by atoms with van der Waals surface area (Å²) in [6.07, 6.45) is 1.33. The number of nitrogens with zero attached hydrogens (tertiary/aromatic N) is 1. The molecule has 0 spiro atoms. The van der Waals surface area contributed by atoms with Crippen LogP contribution in [0.1, 0.15) is 12.0 Å². The Balaban J connectivity index is 2.18. The van der Waals surface area contributed by atoms with Crippen molar-refractivity contribution in [2.45, 2.75) is 12.8 Å². The number of hydrogen-bond donors (Lipinski definition) is 2. The van der Waals surface area contributed by atoms with Gasteiger partial charge in [0.15, 0.2) is 5.96 Å². The molecule has 1 aromatic rings. The molecule has 3 N–H and O–H groups in total. The minimum atomic E-state index is -0.346. The number of nitrogens with two attached hydrogens (primary N) is 1. The average Bonchev–Trinajstić information content (AvgIpc) is 2.31. The summed E-state index contributed by atoms with van der Waals surface area (Å²) >= 11 is 0. The lowest BCUT2D eigenvalue weighted by Gasteiger charge is -2.05. The minimum absolute atomic E-state index is 0.346. The van der Waals surface area contributed by atoms with Crippen molar-refractivity contribution in [3.8, 4) is 0 Å². The number of guanidine groups is 1. The van der Waals surface area contributed by atoms with E-state index in [-0.39, 0.29) is 6.67 Å². The zero-order valence-electron chi connectivity index (χ0n) is 9.32.